The van der Waals surface area contributed by atoms with Gasteiger partial charge in [-0.2, -0.15) is 0 Å². The second-order valence-corrected chi connectivity index (χ2v) is 12.9. The zero-order chi connectivity index (χ0) is 15.1. The molecule has 0 N–H and O–H groups in total. The summed E-state index contributed by atoms with van der Waals surface area (Å²) in [6.07, 6.45) is 12.3. The Kier molecular flexibility index (Phi) is 7.00. The molecule has 0 saturated heterocycles. The van der Waals surface area contributed by atoms with E-state index in [0.717, 1.165) is 25.7 Å². The van der Waals surface area contributed by atoms with Crippen LogP contribution in [0.1, 0.15) is 51.9 Å². The van der Waals surface area contributed by atoms with Crippen LogP contribution in [0.5, 0.6) is 0 Å². The normalized spacial score (nSPS) is 19.2. The summed E-state index contributed by atoms with van der Waals surface area (Å²) in [7, 11) is -0.978. The monoisotopic (exact) mass is 296 g/mol. The van der Waals surface area contributed by atoms with Crippen molar-refractivity contribution in [2.75, 3.05) is 6.61 Å². The number of ether oxygens (including phenoxy) is 1. The summed E-state index contributed by atoms with van der Waals surface area (Å²) in [5.41, 5.74) is -0.183. The number of hydrogen-bond donors (Lipinski definition) is 0. The first-order valence-corrected chi connectivity index (χ1v) is 11.9. The average Bonchev–Trinajstić information content (AvgIpc) is 2.38. The van der Waals surface area contributed by atoms with Gasteiger partial charge in [-0.1, -0.05) is 51.1 Å². The third-order valence-electron chi connectivity index (χ3n) is 4.21. The van der Waals surface area contributed by atoms with Crippen molar-refractivity contribution in [2.24, 2.45) is 5.41 Å². The van der Waals surface area contributed by atoms with Gasteiger partial charge >= 0.3 is 5.97 Å². The minimum atomic E-state index is -0.978. The van der Waals surface area contributed by atoms with Gasteiger partial charge in [0.25, 0.3) is 0 Å². The fourth-order valence-corrected chi connectivity index (χ4v) is 3.86. The molecule has 0 radical (unpaired) electrons. The zero-order valence-corrected chi connectivity index (χ0v) is 14.8. The van der Waals surface area contributed by atoms with Crippen LogP contribution >= 0.6 is 0 Å². The fourth-order valence-electron chi connectivity index (χ4n) is 2.98. The second-order valence-electron chi connectivity index (χ2n) is 7.34. The molecule has 1 aliphatic carbocycles. The van der Waals surface area contributed by atoms with Crippen molar-refractivity contribution in [2.45, 2.75) is 77.6 Å². The van der Waals surface area contributed by atoms with E-state index in [1.807, 2.05) is 6.92 Å². The van der Waals surface area contributed by atoms with E-state index in [2.05, 4.69) is 31.8 Å². The van der Waals surface area contributed by atoms with Crippen LogP contribution in [0.3, 0.4) is 0 Å². The van der Waals surface area contributed by atoms with Gasteiger partial charge in [0.2, 0.25) is 0 Å². The van der Waals surface area contributed by atoms with Gasteiger partial charge in [0.05, 0.1) is 12.0 Å². The molecule has 0 amide bonds. The highest BCUT2D eigenvalue weighted by Crippen LogP contribution is 2.41. The molecule has 0 aromatic rings. The summed E-state index contributed by atoms with van der Waals surface area (Å²) in [6, 6.07) is 1.24. The first-order chi connectivity index (χ1) is 9.40. The largest absolute Gasteiger partial charge is 0.466 e. The van der Waals surface area contributed by atoms with Gasteiger partial charge in [-0.05, 0) is 38.7 Å². The van der Waals surface area contributed by atoms with Gasteiger partial charge < -0.3 is 4.74 Å². The van der Waals surface area contributed by atoms with E-state index in [1.165, 1.54) is 25.3 Å². The summed E-state index contributed by atoms with van der Waals surface area (Å²) >= 11 is 0. The van der Waals surface area contributed by atoms with Gasteiger partial charge in [-0.3, -0.25) is 4.79 Å². The maximum atomic E-state index is 12.3. The average molecular weight is 297 g/mol. The molecule has 0 aromatic heterocycles. The molecule has 2 nitrogen and oxygen atoms in total. The minimum Gasteiger partial charge on any atom is -0.466 e. The van der Waals surface area contributed by atoms with Crippen LogP contribution in [-0.4, -0.2) is 20.7 Å². The van der Waals surface area contributed by atoms with E-state index >= 15 is 0 Å². The Morgan fingerprint density at radius 3 is 2.35 bits per heavy atom. The third-order valence-corrected chi connectivity index (χ3v) is 5.67. The molecule has 0 aromatic carbocycles. The van der Waals surface area contributed by atoms with Crippen LogP contribution in [0, 0.1) is 5.41 Å². The number of allylic oxidation sites excluding steroid dienone is 2. The lowest BCUT2D eigenvalue weighted by Crippen LogP contribution is -2.35. The Morgan fingerprint density at radius 1 is 1.15 bits per heavy atom. The van der Waals surface area contributed by atoms with Crippen molar-refractivity contribution in [1.29, 1.82) is 0 Å². The number of esters is 1. The summed E-state index contributed by atoms with van der Waals surface area (Å²) in [4.78, 5) is 12.3. The Labute approximate surface area is 126 Å². The molecule has 1 fully saturated rings. The van der Waals surface area contributed by atoms with Crippen molar-refractivity contribution in [3.05, 3.63) is 12.2 Å². The van der Waals surface area contributed by atoms with Gasteiger partial charge in [0.15, 0.2) is 0 Å². The van der Waals surface area contributed by atoms with Crippen molar-refractivity contribution in [1.82, 2.24) is 0 Å². The Bertz CT molecular complexity index is 322. The second kappa shape index (κ2) is 8.01. The number of hydrogen-bond acceptors (Lipinski definition) is 2. The van der Waals surface area contributed by atoms with Crippen molar-refractivity contribution in [3.63, 3.8) is 0 Å². The van der Waals surface area contributed by atoms with Crippen LogP contribution in [0.2, 0.25) is 25.7 Å². The first-order valence-electron chi connectivity index (χ1n) is 8.22. The molecule has 1 aliphatic rings. The smallest absolute Gasteiger partial charge is 0.312 e. The van der Waals surface area contributed by atoms with Gasteiger partial charge in [0.1, 0.15) is 0 Å². The van der Waals surface area contributed by atoms with E-state index in [4.69, 9.17) is 4.74 Å². The molecular formula is C17H32O2Si. The number of rotatable bonds is 7. The minimum absolute atomic E-state index is 0.0540. The van der Waals surface area contributed by atoms with E-state index in [0.29, 0.717) is 6.61 Å². The Morgan fingerprint density at radius 2 is 1.80 bits per heavy atom. The van der Waals surface area contributed by atoms with Crippen molar-refractivity contribution in [3.8, 4) is 0 Å². The highest BCUT2D eigenvalue weighted by Gasteiger charge is 2.39. The summed E-state index contributed by atoms with van der Waals surface area (Å²) in [5.74, 6) is 0.0540. The summed E-state index contributed by atoms with van der Waals surface area (Å²) in [5, 5.41) is 0. The number of carbonyl (C=O) groups excluding carboxylic acids is 1. The molecule has 116 valence electrons. The molecule has 0 atom stereocenters. The van der Waals surface area contributed by atoms with Crippen LogP contribution in [-0.2, 0) is 9.53 Å². The molecule has 0 bridgehead atoms. The Hall–Kier alpha value is -0.573. The van der Waals surface area contributed by atoms with E-state index in [1.54, 1.807) is 0 Å². The lowest BCUT2D eigenvalue weighted by Gasteiger charge is -2.34. The highest BCUT2D eigenvalue weighted by molar-refractivity contribution is 6.76. The van der Waals surface area contributed by atoms with E-state index in [9.17, 15) is 4.79 Å². The summed E-state index contributed by atoms with van der Waals surface area (Å²) in [6.45, 7) is 9.57. The zero-order valence-electron chi connectivity index (χ0n) is 13.8. The van der Waals surface area contributed by atoms with Crippen LogP contribution < -0.4 is 0 Å². The standard InChI is InChI=1S/C17H32O2Si/c1-5-19-16(18)17(12-8-6-9-13-17)14-10-7-11-15-20(2,3)4/h7,11H,5-6,8-10,12-15H2,1-4H3/b11-7+. The van der Waals surface area contributed by atoms with E-state index < -0.39 is 8.07 Å². The molecule has 3 heteroatoms. The van der Waals surface area contributed by atoms with Crippen LogP contribution in [0.4, 0.5) is 0 Å². The molecular weight excluding hydrogens is 264 g/mol. The SMILES string of the molecule is CCOC(=O)C1(CC/C=C/C[Si](C)(C)C)CCCCC1. The van der Waals surface area contributed by atoms with Crippen LogP contribution in [0.25, 0.3) is 0 Å². The van der Waals surface area contributed by atoms with Crippen molar-refractivity contribution < 1.29 is 9.53 Å². The van der Waals surface area contributed by atoms with Gasteiger partial charge in [-0.15, -0.1) is 0 Å². The fraction of sp³-hybridized carbons (Fsp3) is 0.824. The van der Waals surface area contributed by atoms with Gasteiger partial charge in [0, 0.05) is 8.07 Å². The third kappa shape index (κ3) is 5.82. The highest BCUT2D eigenvalue weighted by atomic mass is 28.3. The molecule has 0 aliphatic heterocycles. The predicted molar refractivity (Wildman–Crippen MR) is 88.7 cm³/mol. The lowest BCUT2D eigenvalue weighted by atomic mass is 9.71. The maximum absolute atomic E-state index is 12.3. The molecule has 1 saturated carbocycles. The molecule has 0 unspecified atom stereocenters. The Balaban J connectivity index is 2.51. The molecule has 20 heavy (non-hydrogen) atoms. The molecule has 1 rings (SSSR count). The van der Waals surface area contributed by atoms with Crippen LogP contribution in [0.15, 0.2) is 12.2 Å². The van der Waals surface area contributed by atoms with Crippen molar-refractivity contribution >= 4 is 14.0 Å². The summed E-state index contributed by atoms with van der Waals surface area (Å²) < 4.78 is 5.34. The topological polar surface area (TPSA) is 26.3 Å². The predicted octanol–water partition coefficient (Wildman–Crippen LogP) is 5.17. The van der Waals surface area contributed by atoms with E-state index in [-0.39, 0.29) is 11.4 Å². The van der Waals surface area contributed by atoms with Gasteiger partial charge in [-0.25, -0.2) is 0 Å². The lowest BCUT2D eigenvalue weighted by molar-refractivity contribution is -0.158. The maximum Gasteiger partial charge on any atom is 0.312 e. The first kappa shape index (κ1) is 17.5. The molecule has 0 heterocycles. The molecule has 0 spiro atoms. The number of carbonyl (C=O) groups is 1. The quantitative estimate of drug-likeness (QED) is 0.368.